The molecule has 29 heavy (non-hydrogen) atoms. The molecule has 1 heterocycles. The zero-order valence-electron chi connectivity index (χ0n) is 15.5. The molecule has 0 aliphatic carbocycles. The lowest BCUT2D eigenvalue weighted by Crippen LogP contribution is -2.40. The van der Waals surface area contributed by atoms with Crippen LogP contribution in [0.1, 0.15) is 23.1 Å². The number of benzene rings is 2. The van der Waals surface area contributed by atoms with Gasteiger partial charge in [-0.1, -0.05) is 12.1 Å². The zero-order chi connectivity index (χ0) is 21.0. The van der Waals surface area contributed by atoms with Crippen LogP contribution in [0.5, 0.6) is 0 Å². The monoisotopic (exact) mass is 400 g/mol. The fourth-order valence-corrected chi connectivity index (χ4v) is 2.80. The summed E-state index contributed by atoms with van der Waals surface area (Å²) in [7, 11) is 0. The van der Waals surface area contributed by atoms with E-state index in [-0.39, 0.29) is 24.2 Å². The molecule has 2 aromatic carbocycles. The van der Waals surface area contributed by atoms with Gasteiger partial charge in [-0.25, -0.2) is 13.8 Å². The fraction of sp³-hybridized carbons (Fsp3) is 0.200. The van der Waals surface area contributed by atoms with E-state index in [9.17, 15) is 23.2 Å². The van der Waals surface area contributed by atoms with E-state index in [1.807, 2.05) is 0 Å². The Bertz CT molecular complexity index is 1130. The molecule has 0 atom stereocenters. The fourth-order valence-electron chi connectivity index (χ4n) is 2.80. The van der Waals surface area contributed by atoms with E-state index < -0.39 is 23.4 Å². The SMILES string of the molecule is CCN(Cc1nc2ccccc2c(=O)[nH]1)C(=O)CNC(=O)c1ccc(F)cc1F. The second-order valence-electron chi connectivity index (χ2n) is 6.24. The van der Waals surface area contributed by atoms with Crippen LogP contribution in [0, 0.1) is 11.6 Å². The van der Waals surface area contributed by atoms with Crippen molar-refractivity contribution in [2.45, 2.75) is 13.5 Å². The van der Waals surface area contributed by atoms with Crippen LogP contribution >= 0.6 is 0 Å². The van der Waals surface area contributed by atoms with E-state index in [0.717, 1.165) is 12.1 Å². The molecule has 0 unspecified atom stereocenters. The van der Waals surface area contributed by atoms with Gasteiger partial charge in [-0.2, -0.15) is 0 Å². The number of amides is 2. The summed E-state index contributed by atoms with van der Waals surface area (Å²) < 4.78 is 26.6. The van der Waals surface area contributed by atoms with E-state index in [4.69, 9.17) is 0 Å². The van der Waals surface area contributed by atoms with Gasteiger partial charge in [-0.15, -0.1) is 0 Å². The molecule has 150 valence electrons. The summed E-state index contributed by atoms with van der Waals surface area (Å²) in [5, 5.41) is 2.76. The first-order chi connectivity index (χ1) is 13.9. The zero-order valence-corrected chi connectivity index (χ0v) is 15.5. The van der Waals surface area contributed by atoms with E-state index in [1.165, 1.54) is 4.90 Å². The van der Waals surface area contributed by atoms with Gasteiger partial charge >= 0.3 is 0 Å². The van der Waals surface area contributed by atoms with Gasteiger partial charge in [0, 0.05) is 12.6 Å². The van der Waals surface area contributed by atoms with Gasteiger partial charge in [0.05, 0.1) is 29.6 Å². The Hall–Kier alpha value is -3.62. The smallest absolute Gasteiger partial charge is 0.258 e. The molecular formula is C20H18F2N4O3. The quantitative estimate of drug-likeness (QED) is 0.662. The van der Waals surface area contributed by atoms with E-state index in [1.54, 1.807) is 31.2 Å². The topological polar surface area (TPSA) is 95.2 Å². The maximum absolute atomic E-state index is 13.7. The molecule has 3 aromatic rings. The minimum Gasteiger partial charge on any atom is -0.343 e. The van der Waals surface area contributed by atoms with E-state index in [2.05, 4.69) is 15.3 Å². The predicted octanol–water partition coefficient (Wildman–Crippen LogP) is 1.98. The van der Waals surface area contributed by atoms with Gasteiger partial charge in [0.15, 0.2) is 0 Å². The number of nitrogens with one attached hydrogen (secondary N) is 2. The van der Waals surface area contributed by atoms with Crippen molar-refractivity contribution >= 4 is 22.7 Å². The first-order valence-electron chi connectivity index (χ1n) is 8.88. The highest BCUT2D eigenvalue weighted by Gasteiger charge is 2.17. The summed E-state index contributed by atoms with van der Waals surface area (Å²) >= 11 is 0. The van der Waals surface area contributed by atoms with Crippen LogP contribution in [0.2, 0.25) is 0 Å². The summed E-state index contributed by atoms with van der Waals surface area (Å²) in [5.74, 6) is -2.78. The van der Waals surface area contributed by atoms with Gasteiger partial charge in [-0.3, -0.25) is 14.4 Å². The lowest BCUT2D eigenvalue weighted by molar-refractivity contribution is -0.130. The van der Waals surface area contributed by atoms with Gasteiger partial charge in [0.2, 0.25) is 5.91 Å². The molecule has 0 aliphatic rings. The van der Waals surface area contributed by atoms with Gasteiger partial charge in [-0.05, 0) is 31.2 Å². The van der Waals surface area contributed by atoms with Crippen LogP contribution in [-0.2, 0) is 11.3 Å². The Morgan fingerprint density at radius 1 is 1.17 bits per heavy atom. The van der Waals surface area contributed by atoms with E-state index >= 15 is 0 Å². The highest BCUT2D eigenvalue weighted by Crippen LogP contribution is 2.10. The third-order valence-electron chi connectivity index (χ3n) is 4.31. The van der Waals surface area contributed by atoms with Crippen molar-refractivity contribution in [1.29, 1.82) is 0 Å². The maximum atomic E-state index is 13.7. The van der Waals surface area contributed by atoms with Crippen molar-refractivity contribution in [2.24, 2.45) is 0 Å². The lowest BCUT2D eigenvalue weighted by Gasteiger charge is -2.20. The van der Waals surface area contributed by atoms with Crippen molar-refractivity contribution < 1.29 is 18.4 Å². The van der Waals surface area contributed by atoms with Crippen LogP contribution in [0.3, 0.4) is 0 Å². The van der Waals surface area contributed by atoms with Crippen molar-refractivity contribution in [2.75, 3.05) is 13.1 Å². The van der Waals surface area contributed by atoms with Crippen LogP contribution in [0.4, 0.5) is 8.78 Å². The van der Waals surface area contributed by atoms with Crippen LogP contribution in [-0.4, -0.2) is 39.8 Å². The average molecular weight is 400 g/mol. The largest absolute Gasteiger partial charge is 0.343 e. The Kier molecular flexibility index (Phi) is 5.96. The van der Waals surface area contributed by atoms with Crippen molar-refractivity contribution in [3.63, 3.8) is 0 Å². The van der Waals surface area contributed by atoms with Gasteiger partial charge in [0.25, 0.3) is 11.5 Å². The van der Waals surface area contributed by atoms with Gasteiger partial charge < -0.3 is 15.2 Å². The number of H-pyrrole nitrogens is 1. The van der Waals surface area contributed by atoms with Crippen LogP contribution in [0.25, 0.3) is 10.9 Å². The first kappa shape index (κ1) is 20.1. The Morgan fingerprint density at radius 3 is 2.66 bits per heavy atom. The van der Waals surface area contributed by atoms with Crippen molar-refractivity contribution in [3.05, 3.63) is 75.8 Å². The molecule has 0 saturated heterocycles. The summed E-state index contributed by atoms with van der Waals surface area (Å²) in [6, 6.07) is 9.39. The van der Waals surface area contributed by atoms with Crippen molar-refractivity contribution in [3.8, 4) is 0 Å². The number of carbonyl (C=O) groups excluding carboxylic acids is 2. The molecular weight excluding hydrogens is 382 g/mol. The minimum atomic E-state index is -1.01. The molecule has 7 nitrogen and oxygen atoms in total. The Labute approximate surface area is 164 Å². The first-order valence-corrected chi connectivity index (χ1v) is 8.88. The molecule has 0 radical (unpaired) electrons. The van der Waals surface area contributed by atoms with Crippen molar-refractivity contribution in [1.82, 2.24) is 20.2 Å². The standard InChI is InChI=1S/C20H18F2N4O3/c1-2-26(11-17-24-16-6-4-3-5-14(16)20(29)25-17)18(27)10-23-19(28)13-8-7-12(21)9-15(13)22/h3-9H,2,10-11H2,1H3,(H,23,28)(H,24,25,29). The van der Waals surface area contributed by atoms with Crippen LogP contribution < -0.4 is 10.9 Å². The lowest BCUT2D eigenvalue weighted by atomic mass is 10.2. The number of nitrogens with zero attached hydrogens (tertiary/aromatic N) is 2. The van der Waals surface area contributed by atoms with E-state index in [0.29, 0.717) is 29.3 Å². The normalized spacial score (nSPS) is 10.7. The summed E-state index contributed by atoms with van der Waals surface area (Å²) in [4.78, 5) is 45.0. The number of hydrogen-bond acceptors (Lipinski definition) is 4. The molecule has 1 aromatic heterocycles. The Balaban J connectivity index is 1.67. The second-order valence-corrected chi connectivity index (χ2v) is 6.24. The third kappa shape index (κ3) is 4.63. The number of carbonyl (C=O) groups is 2. The molecule has 0 bridgehead atoms. The average Bonchev–Trinajstić information content (AvgIpc) is 2.70. The highest BCUT2D eigenvalue weighted by molar-refractivity contribution is 5.96. The molecule has 0 spiro atoms. The molecule has 3 rings (SSSR count). The maximum Gasteiger partial charge on any atom is 0.258 e. The van der Waals surface area contributed by atoms with Crippen LogP contribution in [0.15, 0.2) is 47.3 Å². The molecule has 9 heteroatoms. The number of fused-ring (bicyclic) bond motifs is 1. The summed E-state index contributed by atoms with van der Waals surface area (Å²) in [5.41, 5.74) is -0.160. The number of halogens is 2. The minimum absolute atomic E-state index is 0.0379. The number of para-hydroxylation sites is 1. The number of rotatable bonds is 6. The third-order valence-corrected chi connectivity index (χ3v) is 4.31. The second kappa shape index (κ2) is 8.59. The summed E-state index contributed by atoms with van der Waals surface area (Å²) in [6.07, 6.45) is 0. The number of hydrogen-bond donors (Lipinski definition) is 2. The highest BCUT2D eigenvalue weighted by atomic mass is 19.1. The number of aromatic nitrogens is 2. The van der Waals surface area contributed by atoms with Gasteiger partial charge in [0.1, 0.15) is 17.5 Å². The molecule has 2 N–H and O–H groups in total. The Morgan fingerprint density at radius 2 is 1.93 bits per heavy atom. The molecule has 0 aliphatic heterocycles. The molecule has 0 fully saturated rings. The summed E-state index contributed by atoms with van der Waals surface area (Å²) in [6.45, 7) is 1.69. The predicted molar refractivity (Wildman–Crippen MR) is 102 cm³/mol. The molecule has 0 saturated carbocycles. The number of aromatic amines is 1. The molecule has 2 amide bonds. The number of likely N-dealkylation sites (N-methyl/N-ethyl adjacent to an activating group) is 1.